The first-order valence-corrected chi connectivity index (χ1v) is 7.60. The molecule has 5 heteroatoms. The standard InChI is InChI=1S/C15H21NO3S/c1-11-8-14(12(2)7-13(11)16(17)18)19-9-15(10-20)5-3-4-6-15/h7-8,20H,3-6,9-10H2,1-2H3. The highest BCUT2D eigenvalue weighted by atomic mass is 32.1. The summed E-state index contributed by atoms with van der Waals surface area (Å²) in [4.78, 5) is 10.6. The third kappa shape index (κ3) is 3.08. The Labute approximate surface area is 125 Å². The summed E-state index contributed by atoms with van der Waals surface area (Å²) in [5.41, 5.74) is 1.78. The molecule has 1 saturated carbocycles. The SMILES string of the molecule is Cc1cc([N+](=O)[O-])c(C)cc1OCC1(CS)CCCC1. The van der Waals surface area contributed by atoms with Crippen molar-refractivity contribution in [3.63, 3.8) is 0 Å². The smallest absolute Gasteiger partial charge is 0.272 e. The molecule has 0 aromatic heterocycles. The van der Waals surface area contributed by atoms with Crippen molar-refractivity contribution in [2.45, 2.75) is 39.5 Å². The quantitative estimate of drug-likeness (QED) is 0.506. The number of hydrogen-bond acceptors (Lipinski definition) is 4. The van der Waals surface area contributed by atoms with E-state index in [4.69, 9.17) is 4.74 Å². The zero-order valence-electron chi connectivity index (χ0n) is 12.0. The van der Waals surface area contributed by atoms with Crippen LogP contribution in [0.4, 0.5) is 5.69 Å². The number of benzene rings is 1. The first-order chi connectivity index (χ1) is 9.47. The van der Waals surface area contributed by atoms with Gasteiger partial charge < -0.3 is 4.74 Å². The third-order valence-electron chi connectivity index (χ3n) is 4.22. The molecule has 2 rings (SSSR count). The molecule has 0 N–H and O–H groups in total. The summed E-state index contributed by atoms with van der Waals surface area (Å²) in [6, 6.07) is 3.36. The normalized spacial score (nSPS) is 17.1. The van der Waals surface area contributed by atoms with Crippen LogP contribution >= 0.6 is 12.6 Å². The van der Waals surface area contributed by atoms with Crippen molar-refractivity contribution >= 4 is 18.3 Å². The van der Waals surface area contributed by atoms with E-state index in [1.54, 1.807) is 19.1 Å². The molecule has 0 bridgehead atoms. The number of nitro benzene ring substituents is 1. The van der Waals surface area contributed by atoms with E-state index < -0.39 is 0 Å². The molecule has 0 unspecified atom stereocenters. The lowest BCUT2D eigenvalue weighted by Crippen LogP contribution is -2.27. The van der Waals surface area contributed by atoms with Gasteiger partial charge in [-0.25, -0.2) is 0 Å². The minimum atomic E-state index is -0.349. The Morgan fingerprint density at radius 2 is 1.95 bits per heavy atom. The molecule has 0 saturated heterocycles. The highest BCUT2D eigenvalue weighted by Crippen LogP contribution is 2.40. The number of thiol groups is 1. The summed E-state index contributed by atoms with van der Waals surface area (Å²) in [5.74, 6) is 1.58. The maximum Gasteiger partial charge on any atom is 0.272 e. The van der Waals surface area contributed by atoms with E-state index in [0.717, 1.165) is 29.9 Å². The maximum absolute atomic E-state index is 10.9. The van der Waals surface area contributed by atoms with Crippen molar-refractivity contribution in [1.29, 1.82) is 0 Å². The summed E-state index contributed by atoms with van der Waals surface area (Å²) in [6.45, 7) is 4.24. The molecule has 1 fully saturated rings. The van der Waals surface area contributed by atoms with E-state index in [1.807, 2.05) is 6.92 Å². The first kappa shape index (κ1) is 15.2. The van der Waals surface area contributed by atoms with Gasteiger partial charge in [-0.2, -0.15) is 12.6 Å². The summed E-state index contributed by atoms with van der Waals surface area (Å²) in [6.07, 6.45) is 4.79. The molecule has 0 radical (unpaired) electrons. The number of nitrogens with zero attached hydrogens (tertiary/aromatic N) is 1. The number of nitro groups is 1. The van der Waals surface area contributed by atoms with Gasteiger partial charge in [0.15, 0.2) is 0 Å². The number of aryl methyl sites for hydroxylation is 2. The van der Waals surface area contributed by atoms with E-state index >= 15 is 0 Å². The molecule has 110 valence electrons. The Kier molecular flexibility index (Phi) is 4.58. The summed E-state index contributed by atoms with van der Waals surface area (Å²) >= 11 is 4.47. The maximum atomic E-state index is 10.9. The van der Waals surface area contributed by atoms with Gasteiger partial charge in [-0.3, -0.25) is 10.1 Å². The van der Waals surface area contributed by atoms with Gasteiger partial charge in [-0.15, -0.1) is 0 Å². The molecule has 1 aromatic rings. The minimum absolute atomic E-state index is 0.152. The van der Waals surface area contributed by atoms with E-state index in [0.29, 0.717) is 12.2 Å². The van der Waals surface area contributed by atoms with Crippen LogP contribution in [0.25, 0.3) is 0 Å². The molecule has 1 aromatic carbocycles. The van der Waals surface area contributed by atoms with Crippen LogP contribution in [0.3, 0.4) is 0 Å². The lowest BCUT2D eigenvalue weighted by Gasteiger charge is -2.27. The fourth-order valence-electron chi connectivity index (χ4n) is 2.83. The fraction of sp³-hybridized carbons (Fsp3) is 0.600. The van der Waals surface area contributed by atoms with Gasteiger partial charge in [0.25, 0.3) is 5.69 Å². The molecule has 0 heterocycles. The molecule has 0 spiro atoms. The van der Waals surface area contributed by atoms with Crippen molar-refractivity contribution in [3.05, 3.63) is 33.4 Å². The summed E-state index contributed by atoms with van der Waals surface area (Å²) < 4.78 is 5.96. The average Bonchev–Trinajstić information content (AvgIpc) is 2.88. The van der Waals surface area contributed by atoms with Gasteiger partial charge in [-0.05, 0) is 44.1 Å². The largest absolute Gasteiger partial charge is 0.493 e. The minimum Gasteiger partial charge on any atom is -0.493 e. The van der Waals surface area contributed by atoms with Crippen LogP contribution in [0.2, 0.25) is 0 Å². The van der Waals surface area contributed by atoms with Gasteiger partial charge in [0.1, 0.15) is 5.75 Å². The van der Waals surface area contributed by atoms with Crippen molar-refractivity contribution < 1.29 is 9.66 Å². The second-order valence-corrected chi connectivity index (χ2v) is 6.13. The number of rotatable bonds is 5. The second kappa shape index (κ2) is 6.04. The fourth-order valence-corrected chi connectivity index (χ4v) is 3.24. The molecule has 20 heavy (non-hydrogen) atoms. The third-order valence-corrected chi connectivity index (χ3v) is 4.89. The second-order valence-electron chi connectivity index (χ2n) is 5.82. The van der Waals surface area contributed by atoms with Crippen molar-refractivity contribution in [2.24, 2.45) is 5.41 Å². The molecule has 0 amide bonds. The van der Waals surface area contributed by atoms with Gasteiger partial charge in [0, 0.05) is 17.0 Å². The van der Waals surface area contributed by atoms with Gasteiger partial charge in [0.05, 0.1) is 11.5 Å². The molecule has 1 aliphatic rings. The number of hydrogen-bond donors (Lipinski definition) is 1. The molecule has 0 aliphatic heterocycles. The molecule has 1 aliphatic carbocycles. The van der Waals surface area contributed by atoms with Gasteiger partial charge in [0.2, 0.25) is 0 Å². The van der Waals surface area contributed by atoms with Crippen LogP contribution in [0, 0.1) is 29.4 Å². The Morgan fingerprint density at radius 3 is 2.50 bits per heavy atom. The van der Waals surface area contributed by atoms with Crippen LogP contribution in [-0.4, -0.2) is 17.3 Å². The lowest BCUT2D eigenvalue weighted by molar-refractivity contribution is -0.385. The molecular formula is C15H21NO3S. The van der Waals surface area contributed by atoms with E-state index in [1.165, 1.54) is 12.8 Å². The average molecular weight is 295 g/mol. The zero-order valence-corrected chi connectivity index (χ0v) is 12.9. The lowest BCUT2D eigenvalue weighted by atomic mass is 9.90. The number of ether oxygens (including phenoxy) is 1. The van der Waals surface area contributed by atoms with Crippen molar-refractivity contribution in [3.8, 4) is 5.75 Å². The highest BCUT2D eigenvalue weighted by Gasteiger charge is 2.33. The Balaban J connectivity index is 2.14. The van der Waals surface area contributed by atoms with Crippen LogP contribution < -0.4 is 4.74 Å². The first-order valence-electron chi connectivity index (χ1n) is 6.97. The predicted octanol–water partition coefficient (Wildman–Crippen LogP) is 4.08. The summed E-state index contributed by atoms with van der Waals surface area (Å²) in [7, 11) is 0. The van der Waals surface area contributed by atoms with Crippen molar-refractivity contribution in [1.82, 2.24) is 0 Å². The van der Waals surface area contributed by atoms with Crippen LogP contribution in [-0.2, 0) is 0 Å². The van der Waals surface area contributed by atoms with E-state index in [2.05, 4.69) is 12.6 Å². The Hall–Kier alpha value is -1.23. The Morgan fingerprint density at radius 1 is 1.30 bits per heavy atom. The van der Waals surface area contributed by atoms with Gasteiger partial charge >= 0.3 is 0 Å². The predicted molar refractivity (Wildman–Crippen MR) is 82.8 cm³/mol. The van der Waals surface area contributed by atoms with E-state index in [-0.39, 0.29) is 16.0 Å². The van der Waals surface area contributed by atoms with Crippen LogP contribution in [0.15, 0.2) is 12.1 Å². The molecular weight excluding hydrogens is 274 g/mol. The van der Waals surface area contributed by atoms with Crippen LogP contribution in [0.1, 0.15) is 36.8 Å². The highest BCUT2D eigenvalue weighted by molar-refractivity contribution is 7.80. The summed E-state index contributed by atoms with van der Waals surface area (Å²) in [5, 5.41) is 10.9. The zero-order chi connectivity index (χ0) is 14.8. The topological polar surface area (TPSA) is 52.4 Å². The van der Waals surface area contributed by atoms with Gasteiger partial charge in [-0.1, -0.05) is 12.8 Å². The van der Waals surface area contributed by atoms with E-state index in [9.17, 15) is 10.1 Å². The van der Waals surface area contributed by atoms with Crippen LogP contribution in [0.5, 0.6) is 5.75 Å². The monoisotopic (exact) mass is 295 g/mol. The van der Waals surface area contributed by atoms with Crippen molar-refractivity contribution in [2.75, 3.05) is 12.4 Å². The molecule has 4 nitrogen and oxygen atoms in total. The Bertz CT molecular complexity index is 510. The molecule has 0 atom stereocenters.